The van der Waals surface area contributed by atoms with Crippen LogP contribution < -0.4 is 5.32 Å². The molecule has 0 bridgehead atoms. The molecule has 21 heavy (non-hydrogen) atoms. The molecule has 2 heterocycles. The number of nitrogens with one attached hydrogen (secondary N) is 1. The third-order valence-electron chi connectivity index (χ3n) is 3.55. The fourth-order valence-electron chi connectivity index (χ4n) is 2.50. The molecule has 0 amide bonds. The van der Waals surface area contributed by atoms with Crippen LogP contribution in [0.5, 0.6) is 0 Å². The van der Waals surface area contributed by atoms with Gasteiger partial charge < -0.3 is 10.4 Å². The van der Waals surface area contributed by atoms with E-state index in [1.807, 2.05) is 6.07 Å². The standard InChI is InChI=1S/C16H22ClNOS2/c1-2-4-12(8-9-19)11-18-16(13-5-3-10-20-13)14-6-7-15(17)21-14/h3,5-7,10,12,16,18-19H,2,4,8-9,11H2,1H3. The Bertz CT molecular complexity index is 506. The quantitative estimate of drug-likeness (QED) is 0.675. The van der Waals surface area contributed by atoms with Crippen molar-refractivity contribution in [3.63, 3.8) is 0 Å². The fraction of sp³-hybridized carbons (Fsp3) is 0.500. The molecular weight excluding hydrogens is 322 g/mol. The van der Waals surface area contributed by atoms with Crippen molar-refractivity contribution >= 4 is 34.3 Å². The lowest BCUT2D eigenvalue weighted by molar-refractivity contribution is 0.246. The van der Waals surface area contributed by atoms with Crippen LogP contribution >= 0.6 is 34.3 Å². The van der Waals surface area contributed by atoms with E-state index in [9.17, 15) is 5.11 Å². The molecule has 0 spiro atoms. The van der Waals surface area contributed by atoms with Gasteiger partial charge in [0.25, 0.3) is 0 Å². The van der Waals surface area contributed by atoms with E-state index in [4.69, 9.17) is 11.6 Å². The number of aliphatic hydroxyl groups excluding tert-OH is 1. The monoisotopic (exact) mass is 343 g/mol. The van der Waals surface area contributed by atoms with Gasteiger partial charge in [-0.25, -0.2) is 0 Å². The molecule has 2 atom stereocenters. The molecule has 116 valence electrons. The van der Waals surface area contributed by atoms with E-state index < -0.39 is 0 Å². The Morgan fingerprint density at radius 2 is 2.10 bits per heavy atom. The van der Waals surface area contributed by atoms with Crippen molar-refractivity contribution in [2.45, 2.75) is 32.2 Å². The van der Waals surface area contributed by atoms with Gasteiger partial charge in [0.05, 0.1) is 10.4 Å². The maximum Gasteiger partial charge on any atom is 0.0931 e. The molecule has 0 saturated heterocycles. The second kappa shape index (κ2) is 8.91. The molecule has 0 aliphatic rings. The summed E-state index contributed by atoms with van der Waals surface area (Å²) in [6.07, 6.45) is 3.17. The predicted molar refractivity (Wildman–Crippen MR) is 93.6 cm³/mol. The molecule has 2 aromatic rings. The molecule has 5 heteroatoms. The van der Waals surface area contributed by atoms with Crippen LogP contribution in [0.3, 0.4) is 0 Å². The average Bonchev–Trinajstić information content (AvgIpc) is 3.12. The number of hydrogen-bond acceptors (Lipinski definition) is 4. The van der Waals surface area contributed by atoms with Crippen LogP contribution in [0.1, 0.15) is 42.0 Å². The molecule has 2 unspecified atom stereocenters. The van der Waals surface area contributed by atoms with Crippen LogP contribution in [-0.4, -0.2) is 18.3 Å². The third kappa shape index (κ3) is 5.08. The first-order valence-electron chi connectivity index (χ1n) is 7.37. The van der Waals surface area contributed by atoms with Gasteiger partial charge in [-0.05, 0) is 48.9 Å². The van der Waals surface area contributed by atoms with Gasteiger partial charge in [0.15, 0.2) is 0 Å². The molecule has 0 saturated carbocycles. The van der Waals surface area contributed by atoms with E-state index in [0.29, 0.717) is 5.92 Å². The molecular formula is C16H22ClNOS2. The van der Waals surface area contributed by atoms with Gasteiger partial charge in [-0.3, -0.25) is 0 Å². The lowest BCUT2D eigenvalue weighted by Gasteiger charge is -2.21. The molecule has 0 aliphatic carbocycles. The Balaban J connectivity index is 2.06. The number of thiophene rings is 2. The van der Waals surface area contributed by atoms with E-state index in [1.54, 1.807) is 22.7 Å². The van der Waals surface area contributed by atoms with Gasteiger partial charge in [0, 0.05) is 16.4 Å². The molecule has 2 N–H and O–H groups in total. The van der Waals surface area contributed by atoms with Crippen molar-refractivity contribution in [3.05, 3.63) is 43.7 Å². The summed E-state index contributed by atoms with van der Waals surface area (Å²) in [7, 11) is 0. The zero-order chi connectivity index (χ0) is 15.1. The Morgan fingerprint density at radius 3 is 2.67 bits per heavy atom. The normalized spacial score (nSPS) is 14.2. The highest BCUT2D eigenvalue weighted by Gasteiger charge is 2.18. The van der Waals surface area contributed by atoms with Crippen LogP contribution in [0.25, 0.3) is 0 Å². The van der Waals surface area contributed by atoms with Crippen LogP contribution in [0, 0.1) is 5.92 Å². The highest BCUT2D eigenvalue weighted by Crippen LogP contribution is 2.33. The summed E-state index contributed by atoms with van der Waals surface area (Å²) in [6, 6.07) is 8.52. The molecule has 2 nitrogen and oxygen atoms in total. The minimum atomic E-state index is 0.209. The molecule has 2 rings (SSSR count). The summed E-state index contributed by atoms with van der Waals surface area (Å²) < 4.78 is 0.828. The zero-order valence-corrected chi connectivity index (χ0v) is 14.6. The van der Waals surface area contributed by atoms with Crippen LogP contribution in [0.15, 0.2) is 29.6 Å². The van der Waals surface area contributed by atoms with Crippen molar-refractivity contribution in [2.75, 3.05) is 13.2 Å². The van der Waals surface area contributed by atoms with E-state index >= 15 is 0 Å². The summed E-state index contributed by atoms with van der Waals surface area (Å²) in [5.74, 6) is 0.526. The van der Waals surface area contributed by atoms with E-state index in [2.05, 4.69) is 35.8 Å². The highest BCUT2D eigenvalue weighted by atomic mass is 35.5. The van der Waals surface area contributed by atoms with Gasteiger partial charge >= 0.3 is 0 Å². The summed E-state index contributed by atoms with van der Waals surface area (Å²) in [6.45, 7) is 3.38. The minimum Gasteiger partial charge on any atom is -0.396 e. The summed E-state index contributed by atoms with van der Waals surface area (Å²) >= 11 is 9.49. The van der Waals surface area contributed by atoms with E-state index in [1.165, 1.54) is 9.75 Å². The van der Waals surface area contributed by atoms with Crippen molar-refractivity contribution in [3.8, 4) is 0 Å². The van der Waals surface area contributed by atoms with Crippen molar-refractivity contribution in [2.24, 2.45) is 5.92 Å². The van der Waals surface area contributed by atoms with Gasteiger partial charge in [-0.1, -0.05) is 31.0 Å². The second-order valence-electron chi connectivity index (χ2n) is 5.17. The van der Waals surface area contributed by atoms with Crippen LogP contribution in [0.2, 0.25) is 4.34 Å². The summed E-state index contributed by atoms with van der Waals surface area (Å²) in [5.41, 5.74) is 0. The van der Waals surface area contributed by atoms with E-state index in [-0.39, 0.29) is 12.6 Å². The first-order valence-corrected chi connectivity index (χ1v) is 9.44. The van der Waals surface area contributed by atoms with Crippen LogP contribution in [-0.2, 0) is 0 Å². The summed E-state index contributed by atoms with van der Waals surface area (Å²) in [4.78, 5) is 2.56. The first-order chi connectivity index (χ1) is 10.2. The number of aliphatic hydroxyl groups is 1. The van der Waals surface area contributed by atoms with Crippen LogP contribution in [0.4, 0.5) is 0 Å². The fourth-order valence-corrected chi connectivity index (χ4v) is 4.55. The largest absolute Gasteiger partial charge is 0.396 e. The zero-order valence-electron chi connectivity index (χ0n) is 12.2. The molecule has 0 radical (unpaired) electrons. The minimum absolute atomic E-state index is 0.209. The van der Waals surface area contributed by atoms with Crippen molar-refractivity contribution < 1.29 is 5.11 Å². The maximum atomic E-state index is 9.19. The van der Waals surface area contributed by atoms with Crippen molar-refractivity contribution in [1.29, 1.82) is 0 Å². The Kier molecular flexibility index (Phi) is 7.20. The molecule has 0 aromatic carbocycles. The predicted octanol–water partition coefficient (Wildman–Crippen LogP) is 4.94. The molecule has 0 fully saturated rings. The topological polar surface area (TPSA) is 32.3 Å². The average molecular weight is 344 g/mol. The molecule has 2 aromatic heterocycles. The Hall–Kier alpha value is -0.390. The third-order valence-corrected chi connectivity index (χ3v) is 5.78. The second-order valence-corrected chi connectivity index (χ2v) is 7.89. The lowest BCUT2D eigenvalue weighted by Crippen LogP contribution is -2.27. The first kappa shape index (κ1) is 17.0. The highest BCUT2D eigenvalue weighted by molar-refractivity contribution is 7.16. The number of rotatable bonds is 9. The van der Waals surface area contributed by atoms with E-state index in [0.717, 1.165) is 30.1 Å². The van der Waals surface area contributed by atoms with Crippen molar-refractivity contribution in [1.82, 2.24) is 5.32 Å². The Labute approximate surface area is 139 Å². The Morgan fingerprint density at radius 1 is 1.24 bits per heavy atom. The number of halogens is 1. The molecule has 0 aliphatic heterocycles. The number of hydrogen-bond donors (Lipinski definition) is 2. The maximum absolute atomic E-state index is 9.19. The van der Waals surface area contributed by atoms with Gasteiger partial charge in [0.1, 0.15) is 0 Å². The smallest absolute Gasteiger partial charge is 0.0931 e. The summed E-state index contributed by atoms with van der Waals surface area (Å²) in [5, 5.41) is 15.0. The van der Waals surface area contributed by atoms with Gasteiger partial charge in [-0.15, -0.1) is 22.7 Å². The van der Waals surface area contributed by atoms with Gasteiger partial charge in [-0.2, -0.15) is 0 Å². The lowest BCUT2D eigenvalue weighted by atomic mass is 9.99. The SMILES string of the molecule is CCCC(CCO)CNC(c1cccs1)c1ccc(Cl)s1. The van der Waals surface area contributed by atoms with Gasteiger partial charge in [0.2, 0.25) is 0 Å².